The minimum atomic E-state index is 0.625. The number of benzene rings is 3. The van der Waals surface area contributed by atoms with Crippen molar-refractivity contribution in [3.05, 3.63) is 104 Å². The highest BCUT2D eigenvalue weighted by molar-refractivity contribution is 9.10. The van der Waals surface area contributed by atoms with E-state index >= 15 is 0 Å². The summed E-state index contributed by atoms with van der Waals surface area (Å²) < 4.78 is 2.20. The van der Waals surface area contributed by atoms with E-state index in [0.717, 1.165) is 8.95 Å². The van der Waals surface area contributed by atoms with Gasteiger partial charge in [-0.3, -0.25) is 0 Å². The molecule has 3 aromatic rings. The molecule has 0 aliphatic carbocycles. The second-order valence-corrected chi connectivity index (χ2v) is 9.74. The zero-order valence-electron chi connectivity index (χ0n) is 18.6. The molecule has 0 spiro atoms. The van der Waals surface area contributed by atoms with Gasteiger partial charge in [-0.2, -0.15) is 0 Å². The number of hydrogen-bond acceptors (Lipinski definition) is 1. The van der Waals surface area contributed by atoms with Gasteiger partial charge in [0.05, 0.1) is 0 Å². The fourth-order valence-corrected chi connectivity index (χ4v) is 3.45. The summed E-state index contributed by atoms with van der Waals surface area (Å²) in [5.41, 5.74) is 4.77. The van der Waals surface area contributed by atoms with E-state index in [-0.39, 0.29) is 0 Å². The third-order valence-corrected chi connectivity index (χ3v) is 5.34. The molecular formula is C28H31Br2N. The Balaban J connectivity index is 0.000000423. The minimum Gasteiger partial charge on any atom is -0.312 e. The topological polar surface area (TPSA) is 12.0 Å². The number of hydrogen-bond donors (Lipinski definition) is 1. The molecule has 0 bridgehead atoms. The van der Waals surface area contributed by atoms with Crippen LogP contribution in [0, 0.1) is 0 Å². The van der Waals surface area contributed by atoms with Crippen LogP contribution >= 0.6 is 31.9 Å². The van der Waals surface area contributed by atoms with Crippen molar-refractivity contribution in [1.29, 1.82) is 0 Å². The van der Waals surface area contributed by atoms with Crippen LogP contribution in [0.4, 0.5) is 0 Å². The highest BCUT2D eigenvalue weighted by Gasteiger charge is 1.93. The second-order valence-electron chi connectivity index (χ2n) is 7.91. The first-order valence-corrected chi connectivity index (χ1v) is 12.1. The Labute approximate surface area is 204 Å². The van der Waals surface area contributed by atoms with Gasteiger partial charge in [0.1, 0.15) is 0 Å². The first-order chi connectivity index (χ1) is 14.8. The quantitative estimate of drug-likeness (QED) is 0.307. The van der Waals surface area contributed by atoms with E-state index in [2.05, 4.69) is 162 Å². The lowest BCUT2D eigenvalue weighted by atomic mass is 10.1. The molecule has 0 fully saturated rings. The van der Waals surface area contributed by atoms with E-state index in [9.17, 15) is 0 Å². The lowest BCUT2D eigenvalue weighted by molar-refractivity contribution is 0.518. The molecule has 0 aromatic heterocycles. The van der Waals surface area contributed by atoms with Crippen molar-refractivity contribution in [3.63, 3.8) is 0 Å². The summed E-state index contributed by atoms with van der Waals surface area (Å²) >= 11 is 6.90. The average molecular weight is 541 g/mol. The fraction of sp³-hybridized carbons (Fsp3) is 0.214. The van der Waals surface area contributed by atoms with Crippen molar-refractivity contribution in [1.82, 2.24) is 5.32 Å². The van der Waals surface area contributed by atoms with E-state index in [1.807, 2.05) is 0 Å². The first kappa shape index (κ1) is 25.3. The summed E-state index contributed by atoms with van der Waals surface area (Å²) in [5, 5.41) is 3.31. The molecule has 1 N–H and O–H groups in total. The van der Waals surface area contributed by atoms with Crippen molar-refractivity contribution in [2.75, 3.05) is 0 Å². The molecule has 3 aromatic carbocycles. The van der Waals surface area contributed by atoms with Gasteiger partial charge in [-0.1, -0.05) is 132 Å². The summed E-state index contributed by atoms with van der Waals surface area (Å²) in [4.78, 5) is 0. The first-order valence-electron chi connectivity index (χ1n) is 10.6. The molecule has 3 heteroatoms. The standard InChI is InChI=1S/C22H16Br2.C6H15N/c23-21-13-9-19(10-14-21)7-5-17-1-2-18(4-3-17)6-8-20-11-15-22(24)16-12-20;1-5(2)7-6(3)4/h1-16H;5-7H,1-4H3/b7-5+,8-6+;. The van der Waals surface area contributed by atoms with Crippen LogP contribution in [0.15, 0.2) is 81.7 Å². The number of halogens is 2. The van der Waals surface area contributed by atoms with Crippen molar-refractivity contribution >= 4 is 56.2 Å². The summed E-state index contributed by atoms with van der Waals surface area (Å²) in [6.07, 6.45) is 8.51. The fourth-order valence-electron chi connectivity index (χ4n) is 2.92. The maximum absolute atomic E-state index is 3.45. The van der Waals surface area contributed by atoms with E-state index in [1.165, 1.54) is 22.3 Å². The van der Waals surface area contributed by atoms with E-state index in [0.29, 0.717) is 12.1 Å². The van der Waals surface area contributed by atoms with Crippen LogP contribution in [0.3, 0.4) is 0 Å². The maximum atomic E-state index is 3.45. The highest BCUT2D eigenvalue weighted by atomic mass is 79.9. The van der Waals surface area contributed by atoms with Gasteiger partial charge in [0.25, 0.3) is 0 Å². The van der Waals surface area contributed by atoms with Crippen molar-refractivity contribution in [3.8, 4) is 0 Å². The Hall–Kier alpha value is -1.94. The summed E-state index contributed by atoms with van der Waals surface area (Å²) in [6.45, 7) is 8.61. The molecule has 0 saturated carbocycles. The molecule has 0 atom stereocenters. The third-order valence-electron chi connectivity index (χ3n) is 4.28. The summed E-state index contributed by atoms with van der Waals surface area (Å²) in [6, 6.07) is 26.4. The molecular weight excluding hydrogens is 510 g/mol. The summed E-state index contributed by atoms with van der Waals surface area (Å²) in [7, 11) is 0. The van der Waals surface area contributed by atoms with Crippen LogP contribution < -0.4 is 5.32 Å². The number of nitrogens with one attached hydrogen (secondary N) is 1. The predicted octanol–water partition coefficient (Wildman–Crippen LogP) is 8.95. The van der Waals surface area contributed by atoms with Crippen LogP contribution in [0.1, 0.15) is 49.9 Å². The van der Waals surface area contributed by atoms with Crippen LogP contribution in [0.25, 0.3) is 24.3 Å². The molecule has 0 heterocycles. The molecule has 0 unspecified atom stereocenters. The van der Waals surface area contributed by atoms with Gasteiger partial charge in [0, 0.05) is 21.0 Å². The Bertz CT molecular complexity index is 871. The van der Waals surface area contributed by atoms with Crippen molar-refractivity contribution < 1.29 is 0 Å². The predicted molar refractivity (Wildman–Crippen MR) is 146 cm³/mol. The molecule has 31 heavy (non-hydrogen) atoms. The molecule has 1 nitrogen and oxygen atoms in total. The Morgan fingerprint density at radius 1 is 0.484 bits per heavy atom. The average Bonchev–Trinajstić information content (AvgIpc) is 2.73. The van der Waals surface area contributed by atoms with E-state index < -0.39 is 0 Å². The molecule has 0 saturated heterocycles. The molecule has 0 radical (unpaired) electrons. The van der Waals surface area contributed by atoms with Gasteiger partial charge in [-0.05, 0) is 46.5 Å². The Kier molecular flexibility index (Phi) is 11.0. The van der Waals surface area contributed by atoms with Gasteiger partial charge in [0.2, 0.25) is 0 Å². The van der Waals surface area contributed by atoms with Crippen LogP contribution in [-0.4, -0.2) is 12.1 Å². The third kappa shape index (κ3) is 10.8. The van der Waals surface area contributed by atoms with Crippen LogP contribution in [0.5, 0.6) is 0 Å². The van der Waals surface area contributed by atoms with Crippen molar-refractivity contribution in [2.24, 2.45) is 0 Å². The SMILES string of the molecule is Brc1ccc(/C=C/c2ccc(/C=C/c3ccc(Br)cc3)cc2)cc1.CC(C)NC(C)C. The summed E-state index contributed by atoms with van der Waals surface area (Å²) in [5.74, 6) is 0. The molecule has 3 rings (SSSR count). The number of rotatable bonds is 6. The van der Waals surface area contributed by atoms with Gasteiger partial charge in [-0.15, -0.1) is 0 Å². The van der Waals surface area contributed by atoms with Gasteiger partial charge in [0.15, 0.2) is 0 Å². The lowest BCUT2D eigenvalue weighted by Crippen LogP contribution is -2.29. The highest BCUT2D eigenvalue weighted by Crippen LogP contribution is 2.16. The molecule has 162 valence electrons. The monoisotopic (exact) mass is 539 g/mol. The Morgan fingerprint density at radius 2 is 0.710 bits per heavy atom. The van der Waals surface area contributed by atoms with E-state index in [1.54, 1.807) is 0 Å². The zero-order valence-corrected chi connectivity index (χ0v) is 21.8. The molecule has 0 aliphatic rings. The second kappa shape index (κ2) is 13.5. The van der Waals surface area contributed by atoms with E-state index in [4.69, 9.17) is 0 Å². The van der Waals surface area contributed by atoms with Gasteiger partial charge >= 0.3 is 0 Å². The smallest absolute Gasteiger partial charge is 0.0175 e. The minimum absolute atomic E-state index is 0.625. The van der Waals surface area contributed by atoms with Crippen LogP contribution in [0.2, 0.25) is 0 Å². The van der Waals surface area contributed by atoms with Gasteiger partial charge < -0.3 is 5.32 Å². The zero-order chi connectivity index (χ0) is 22.6. The van der Waals surface area contributed by atoms with Crippen molar-refractivity contribution in [2.45, 2.75) is 39.8 Å². The lowest BCUT2D eigenvalue weighted by Gasteiger charge is -2.10. The van der Waals surface area contributed by atoms with Crippen LogP contribution in [-0.2, 0) is 0 Å². The Morgan fingerprint density at radius 3 is 0.903 bits per heavy atom. The largest absolute Gasteiger partial charge is 0.312 e. The molecule has 0 aliphatic heterocycles. The maximum Gasteiger partial charge on any atom is 0.0175 e. The van der Waals surface area contributed by atoms with Gasteiger partial charge in [-0.25, -0.2) is 0 Å². The molecule has 0 amide bonds. The normalized spacial score (nSPS) is 11.4.